The van der Waals surface area contributed by atoms with Gasteiger partial charge < -0.3 is 24.5 Å². The van der Waals surface area contributed by atoms with Crippen molar-refractivity contribution in [2.24, 2.45) is 0 Å². The average Bonchev–Trinajstić information content (AvgIpc) is 3.13. The molecule has 1 heterocycles. The Labute approximate surface area is 176 Å². The smallest absolute Gasteiger partial charge is 0.145 e. The van der Waals surface area contributed by atoms with Crippen LogP contribution in [0.5, 0.6) is 17.2 Å². The lowest BCUT2D eigenvalue weighted by molar-refractivity contribution is 0.395. The van der Waals surface area contributed by atoms with Gasteiger partial charge in [-0.1, -0.05) is 36.4 Å². The molecule has 5 nitrogen and oxygen atoms in total. The maximum Gasteiger partial charge on any atom is 0.145 e. The van der Waals surface area contributed by atoms with Crippen LogP contribution in [0.2, 0.25) is 0 Å². The Morgan fingerprint density at radius 2 is 1.53 bits per heavy atom. The predicted octanol–water partition coefficient (Wildman–Crippen LogP) is 5.70. The van der Waals surface area contributed by atoms with E-state index in [-0.39, 0.29) is 6.04 Å². The van der Waals surface area contributed by atoms with Crippen LogP contribution in [-0.2, 0) is 0 Å². The zero-order valence-corrected chi connectivity index (χ0v) is 17.7. The number of benzene rings is 3. The number of ether oxygens (including phenoxy) is 3. The first kappa shape index (κ1) is 19.7. The standard InChI is InChI=1S/C25H26N2O3/c1-16-24(18-9-5-7-11-20(18)26-16)25(19-10-6-8-12-22(19)29-3)27-21-14-13-17(28-2)15-23(21)30-4/h5-15,25-27H,1-4H3/t25-/m0/s1. The highest BCUT2D eigenvalue weighted by atomic mass is 16.5. The summed E-state index contributed by atoms with van der Waals surface area (Å²) in [4.78, 5) is 3.52. The molecule has 154 valence electrons. The lowest BCUT2D eigenvalue weighted by Crippen LogP contribution is -2.15. The molecule has 4 aromatic rings. The van der Waals surface area contributed by atoms with E-state index in [0.29, 0.717) is 5.75 Å². The van der Waals surface area contributed by atoms with Crippen LogP contribution in [0, 0.1) is 6.92 Å². The van der Waals surface area contributed by atoms with E-state index in [0.717, 1.165) is 34.0 Å². The summed E-state index contributed by atoms with van der Waals surface area (Å²) < 4.78 is 16.7. The van der Waals surface area contributed by atoms with Crippen molar-refractivity contribution in [1.29, 1.82) is 0 Å². The van der Waals surface area contributed by atoms with Crippen LogP contribution in [0.25, 0.3) is 10.9 Å². The average molecular weight is 402 g/mol. The molecule has 4 rings (SSSR count). The van der Waals surface area contributed by atoms with Crippen molar-refractivity contribution in [3.05, 3.63) is 83.6 Å². The Balaban J connectivity index is 1.90. The van der Waals surface area contributed by atoms with Gasteiger partial charge in [0.2, 0.25) is 0 Å². The van der Waals surface area contributed by atoms with Crippen molar-refractivity contribution in [3.8, 4) is 17.2 Å². The van der Waals surface area contributed by atoms with Crippen LogP contribution in [0.4, 0.5) is 5.69 Å². The van der Waals surface area contributed by atoms with Gasteiger partial charge in [0.15, 0.2) is 0 Å². The monoisotopic (exact) mass is 402 g/mol. The fourth-order valence-corrected chi connectivity index (χ4v) is 3.95. The van der Waals surface area contributed by atoms with E-state index in [9.17, 15) is 0 Å². The van der Waals surface area contributed by atoms with Gasteiger partial charge in [-0.05, 0) is 31.2 Å². The molecule has 3 aromatic carbocycles. The molecule has 0 spiro atoms. The SMILES string of the molecule is COc1ccc(N[C@@H](c2ccccc2OC)c2c(C)[nH]c3ccccc23)c(OC)c1. The molecule has 1 aromatic heterocycles. The van der Waals surface area contributed by atoms with Gasteiger partial charge in [-0.25, -0.2) is 0 Å². The first-order valence-electron chi connectivity index (χ1n) is 9.85. The molecule has 5 heteroatoms. The fourth-order valence-electron chi connectivity index (χ4n) is 3.95. The second-order valence-corrected chi connectivity index (χ2v) is 7.09. The summed E-state index contributed by atoms with van der Waals surface area (Å²) in [6.07, 6.45) is 0. The number of H-pyrrole nitrogens is 1. The molecule has 0 unspecified atom stereocenters. The van der Waals surface area contributed by atoms with Gasteiger partial charge >= 0.3 is 0 Å². The van der Waals surface area contributed by atoms with Crippen molar-refractivity contribution in [2.75, 3.05) is 26.6 Å². The number of rotatable bonds is 7. The van der Waals surface area contributed by atoms with Crippen LogP contribution in [0.3, 0.4) is 0 Å². The van der Waals surface area contributed by atoms with Crippen LogP contribution in [-0.4, -0.2) is 26.3 Å². The van der Waals surface area contributed by atoms with Crippen molar-refractivity contribution < 1.29 is 14.2 Å². The van der Waals surface area contributed by atoms with Gasteiger partial charge in [-0.15, -0.1) is 0 Å². The van der Waals surface area contributed by atoms with Gasteiger partial charge in [0.05, 0.1) is 33.1 Å². The minimum Gasteiger partial charge on any atom is -0.497 e. The van der Waals surface area contributed by atoms with Gasteiger partial charge in [-0.3, -0.25) is 0 Å². The minimum atomic E-state index is -0.153. The van der Waals surface area contributed by atoms with Crippen molar-refractivity contribution in [2.45, 2.75) is 13.0 Å². The number of hydrogen-bond donors (Lipinski definition) is 2. The van der Waals surface area contributed by atoms with Gasteiger partial charge in [0.1, 0.15) is 17.2 Å². The van der Waals surface area contributed by atoms with Gasteiger partial charge in [0, 0.05) is 33.8 Å². The molecule has 0 aliphatic carbocycles. The third kappa shape index (κ3) is 3.54. The Morgan fingerprint density at radius 1 is 0.800 bits per heavy atom. The zero-order valence-electron chi connectivity index (χ0n) is 17.7. The molecular formula is C25H26N2O3. The number of fused-ring (bicyclic) bond motifs is 1. The highest BCUT2D eigenvalue weighted by Gasteiger charge is 2.24. The van der Waals surface area contributed by atoms with Crippen molar-refractivity contribution in [3.63, 3.8) is 0 Å². The first-order valence-corrected chi connectivity index (χ1v) is 9.85. The molecule has 0 bridgehead atoms. The van der Waals surface area contributed by atoms with E-state index in [4.69, 9.17) is 14.2 Å². The van der Waals surface area contributed by atoms with Gasteiger partial charge in [0.25, 0.3) is 0 Å². The topological polar surface area (TPSA) is 55.5 Å². The maximum atomic E-state index is 5.71. The summed E-state index contributed by atoms with van der Waals surface area (Å²) in [6.45, 7) is 2.10. The maximum absolute atomic E-state index is 5.71. The number of anilines is 1. The van der Waals surface area contributed by atoms with Crippen LogP contribution in [0.1, 0.15) is 22.9 Å². The number of nitrogens with one attached hydrogen (secondary N) is 2. The van der Waals surface area contributed by atoms with Crippen molar-refractivity contribution in [1.82, 2.24) is 4.98 Å². The van der Waals surface area contributed by atoms with Crippen molar-refractivity contribution >= 4 is 16.6 Å². The van der Waals surface area contributed by atoms with Crippen LogP contribution < -0.4 is 19.5 Å². The van der Waals surface area contributed by atoms with Crippen LogP contribution in [0.15, 0.2) is 66.7 Å². The minimum absolute atomic E-state index is 0.153. The van der Waals surface area contributed by atoms with E-state index in [1.54, 1.807) is 21.3 Å². The number of para-hydroxylation sites is 2. The Morgan fingerprint density at radius 3 is 2.30 bits per heavy atom. The third-order valence-electron chi connectivity index (χ3n) is 5.39. The largest absolute Gasteiger partial charge is 0.497 e. The summed E-state index contributed by atoms with van der Waals surface area (Å²) in [5.74, 6) is 2.29. The molecular weight excluding hydrogens is 376 g/mol. The Kier molecular flexibility index (Phi) is 5.53. The van der Waals surface area contributed by atoms with E-state index >= 15 is 0 Å². The van der Waals surface area contributed by atoms with E-state index in [2.05, 4.69) is 41.5 Å². The second-order valence-electron chi connectivity index (χ2n) is 7.09. The summed E-state index contributed by atoms with van der Waals surface area (Å²) in [5.41, 5.74) is 5.30. The quantitative estimate of drug-likeness (QED) is 0.416. The van der Waals surface area contributed by atoms with Gasteiger partial charge in [-0.2, -0.15) is 0 Å². The molecule has 0 fully saturated rings. The lowest BCUT2D eigenvalue weighted by atomic mass is 9.94. The molecule has 0 aliphatic heterocycles. The highest BCUT2D eigenvalue weighted by Crippen LogP contribution is 2.40. The first-order chi connectivity index (χ1) is 14.7. The molecule has 0 amide bonds. The summed E-state index contributed by atoms with van der Waals surface area (Å²) in [7, 11) is 5.01. The normalized spacial score (nSPS) is 11.9. The van der Waals surface area contributed by atoms with E-state index < -0.39 is 0 Å². The summed E-state index contributed by atoms with van der Waals surface area (Å²) >= 11 is 0. The molecule has 0 radical (unpaired) electrons. The Hall–Kier alpha value is -3.60. The zero-order chi connectivity index (χ0) is 21.1. The number of methoxy groups -OCH3 is 3. The van der Waals surface area contributed by atoms with Crippen LogP contribution >= 0.6 is 0 Å². The molecule has 0 saturated carbocycles. The molecule has 30 heavy (non-hydrogen) atoms. The molecule has 2 N–H and O–H groups in total. The lowest BCUT2D eigenvalue weighted by Gasteiger charge is -2.24. The molecule has 0 aliphatic rings. The summed E-state index contributed by atoms with van der Waals surface area (Å²) in [5, 5.41) is 4.87. The highest BCUT2D eigenvalue weighted by molar-refractivity contribution is 5.86. The Bertz CT molecular complexity index is 1170. The predicted molar refractivity (Wildman–Crippen MR) is 121 cm³/mol. The van der Waals surface area contributed by atoms with E-state index in [1.165, 1.54) is 10.9 Å². The summed E-state index contributed by atoms with van der Waals surface area (Å²) in [6, 6.07) is 22.1. The number of hydrogen-bond acceptors (Lipinski definition) is 4. The molecule has 1 atom stereocenters. The number of aromatic amines is 1. The van der Waals surface area contributed by atoms with E-state index in [1.807, 2.05) is 42.5 Å². The number of aromatic nitrogens is 1. The fraction of sp³-hybridized carbons (Fsp3) is 0.200. The number of aryl methyl sites for hydroxylation is 1. The second kappa shape index (κ2) is 8.41. The molecule has 0 saturated heterocycles. The third-order valence-corrected chi connectivity index (χ3v) is 5.39.